The van der Waals surface area contributed by atoms with E-state index in [1.54, 1.807) is 9.80 Å². The Hall–Kier alpha value is -5.58. The average molecular weight is 1280 g/mol. The zero-order valence-corrected chi connectivity index (χ0v) is 53.6. The van der Waals surface area contributed by atoms with Gasteiger partial charge in [0.05, 0.1) is 33.3 Å². The van der Waals surface area contributed by atoms with Crippen LogP contribution in [0.3, 0.4) is 0 Å². The lowest BCUT2D eigenvalue weighted by Gasteiger charge is -2.42. The largest absolute Gasteiger partial charge is 0.450 e. The second kappa shape index (κ2) is 35.9. The number of nitrogens with one attached hydrogen (secondary N) is 2. The lowest BCUT2D eigenvalue weighted by Crippen LogP contribution is -2.56. The standard InChI is InChI=1S/2C33H39Cl2N3O3.2ClH.H2O/c2*1-3-41-32(40)36-33(23-25-10-6-4-7-11-25)17-20-38(21-18-33)19-16-28(27-14-15-29(34)30(35)22-27)24-37(2)31(39)26-12-8-5-9-13-26;;;/h2*4-15,22,28H,3,16-21,23-24H2,1-2H3,(H,36,40);2*1H;1H2. The Morgan fingerprint density at radius 2 is 0.812 bits per heavy atom. The van der Waals surface area contributed by atoms with Crippen LogP contribution in [-0.4, -0.2) is 140 Å². The molecule has 2 aliphatic heterocycles. The molecule has 4 N–H and O–H groups in total. The molecular weight excluding hydrogens is 1200 g/mol. The SMILES string of the molecule is CCOC(=O)NC1(Cc2ccccc2)CCN(CCC(CN(C)C(=O)c2ccccc2)c2ccc(Cl)c(Cl)c2)CC1.CCOC(=O)NC1(Cc2ccccc2)CCN(CCC(CN(C)C(=O)c2ccccc2)c2ccc(Cl)c(Cl)c2)CC1.Cl.Cl.O. The van der Waals surface area contributed by atoms with Crippen molar-refractivity contribution in [1.29, 1.82) is 0 Å². The summed E-state index contributed by atoms with van der Waals surface area (Å²) in [5, 5.41) is 8.46. The van der Waals surface area contributed by atoms with Gasteiger partial charge < -0.3 is 45.2 Å². The van der Waals surface area contributed by atoms with Crippen LogP contribution in [0.15, 0.2) is 158 Å². The Kier molecular flexibility index (Phi) is 30.4. The van der Waals surface area contributed by atoms with E-state index in [4.69, 9.17) is 55.9 Å². The van der Waals surface area contributed by atoms with E-state index in [0.29, 0.717) is 57.5 Å². The number of carbonyl (C=O) groups is 4. The quantitative estimate of drug-likeness (QED) is 0.0681. The first kappa shape index (κ1) is 71.9. The third-order valence-corrected chi connectivity index (χ3v) is 17.3. The number of hydrogen-bond acceptors (Lipinski definition) is 8. The van der Waals surface area contributed by atoms with Crippen molar-refractivity contribution < 1.29 is 34.1 Å². The minimum Gasteiger partial charge on any atom is -0.450 e. The van der Waals surface area contributed by atoms with Crippen molar-refractivity contribution in [2.45, 2.75) is 88.1 Å². The van der Waals surface area contributed by atoms with Crippen molar-refractivity contribution >= 4 is 95.2 Å². The van der Waals surface area contributed by atoms with Crippen LogP contribution in [0.5, 0.6) is 0 Å². The highest BCUT2D eigenvalue weighted by molar-refractivity contribution is 6.42. The summed E-state index contributed by atoms with van der Waals surface area (Å²) in [6.07, 6.45) is 5.80. The summed E-state index contributed by atoms with van der Waals surface area (Å²) in [4.78, 5) is 59.6. The molecule has 0 aliphatic carbocycles. The minimum atomic E-state index is -0.359. The molecule has 460 valence electrons. The van der Waals surface area contributed by atoms with Crippen molar-refractivity contribution in [3.05, 3.63) is 211 Å². The van der Waals surface area contributed by atoms with Gasteiger partial charge in [-0.15, -0.1) is 24.8 Å². The van der Waals surface area contributed by atoms with Gasteiger partial charge in [0.2, 0.25) is 0 Å². The average Bonchev–Trinajstić information content (AvgIpc) is 3.69. The third-order valence-electron chi connectivity index (χ3n) is 15.8. The van der Waals surface area contributed by atoms with Gasteiger partial charge in [-0.05, 0) is 149 Å². The molecule has 0 bridgehead atoms. The third kappa shape index (κ3) is 22.0. The predicted molar refractivity (Wildman–Crippen MR) is 350 cm³/mol. The lowest BCUT2D eigenvalue weighted by molar-refractivity contribution is 0.0771. The second-order valence-corrected chi connectivity index (χ2v) is 23.3. The fourth-order valence-corrected chi connectivity index (χ4v) is 11.8. The van der Waals surface area contributed by atoms with Gasteiger partial charge >= 0.3 is 12.2 Å². The van der Waals surface area contributed by atoms with Crippen molar-refractivity contribution in [3.63, 3.8) is 0 Å². The summed E-state index contributed by atoms with van der Waals surface area (Å²) in [6, 6.07) is 50.7. The molecule has 2 unspecified atom stereocenters. The van der Waals surface area contributed by atoms with Gasteiger partial charge in [0.25, 0.3) is 11.8 Å². The van der Waals surface area contributed by atoms with Crippen molar-refractivity contribution in [3.8, 4) is 0 Å². The lowest BCUT2D eigenvalue weighted by atomic mass is 9.81. The van der Waals surface area contributed by atoms with Crippen LogP contribution in [0.25, 0.3) is 0 Å². The van der Waals surface area contributed by atoms with Crippen LogP contribution in [0.4, 0.5) is 9.59 Å². The number of hydrogen-bond donors (Lipinski definition) is 2. The molecule has 85 heavy (non-hydrogen) atoms. The number of rotatable bonds is 22. The number of alkyl carbamates (subject to hydrolysis) is 2. The Labute approximate surface area is 535 Å². The van der Waals surface area contributed by atoms with E-state index in [-0.39, 0.29) is 77.2 Å². The number of likely N-dealkylation sites (N-methyl/N-ethyl adjacent to an activating group) is 2. The van der Waals surface area contributed by atoms with E-state index >= 15 is 0 Å². The first-order chi connectivity index (χ1) is 39.6. The molecule has 4 amide bonds. The molecule has 2 atom stereocenters. The molecule has 19 heteroatoms. The number of benzene rings is 6. The smallest absolute Gasteiger partial charge is 0.407 e. The maximum Gasteiger partial charge on any atom is 0.407 e. The van der Waals surface area contributed by atoms with Crippen LogP contribution >= 0.6 is 71.2 Å². The number of amides is 4. The predicted octanol–water partition coefficient (Wildman–Crippen LogP) is 14.1. The Morgan fingerprint density at radius 1 is 0.494 bits per heavy atom. The maximum absolute atomic E-state index is 13.1. The number of nitrogens with zero attached hydrogens (tertiary/aromatic N) is 4. The van der Waals surface area contributed by atoms with Crippen molar-refractivity contribution in [1.82, 2.24) is 30.2 Å². The van der Waals surface area contributed by atoms with E-state index in [0.717, 1.165) is 102 Å². The highest BCUT2D eigenvalue weighted by atomic mass is 35.5. The first-order valence-electron chi connectivity index (χ1n) is 28.5. The normalized spacial score (nSPS) is 15.1. The summed E-state index contributed by atoms with van der Waals surface area (Å²) in [5.41, 5.74) is 5.15. The highest BCUT2D eigenvalue weighted by Gasteiger charge is 2.38. The molecule has 6 aromatic rings. The molecule has 6 aromatic carbocycles. The molecule has 0 radical (unpaired) electrons. The van der Waals surface area contributed by atoms with E-state index in [9.17, 15) is 19.2 Å². The molecule has 0 aromatic heterocycles. The Bertz CT molecular complexity index is 2780. The number of halogens is 6. The van der Waals surface area contributed by atoms with Gasteiger partial charge in [-0.3, -0.25) is 9.59 Å². The van der Waals surface area contributed by atoms with Gasteiger partial charge in [0.15, 0.2) is 0 Å². The topological polar surface area (TPSA) is 155 Å². The molecule has 8 rings (SSSR count). The molecule has 2 saturated heterocycles. The number of likely N-dealkylation sites (tertiary alicyclic amines) is 2. The van der Waals surface area contributed by atoms with Gasteiger partial charge in [0, 0.05) is 87.4 Å². The summed E-state index contributed by atoms with van der Waals surface area (Å²) >= 11 is 25.2. The summed E-state index contributed by atoms with van der Waals surface area (Å²) in [7, 11) is 3.69. The Balaban J connectivity index is 0.000000352. The molecule has 2 fully saturated rings. The minimum absolute atomic E-state index is 0. The zero-order chi connectivity index (χ0) is 58.5. The van der Waals surface area contributed by atoms with Crippen LogP contribution in [0.2, 0.25) is 20.1 Å². The van der Waals surface area contributed by atoms with Crippen LogP contribution in [0, 0.1) is 0 Å². The van der Waals surface area contributed by atoms with Gasteiger partial charge in [-0.1, -0.05) is 156 Å². The first-order valence-corrected chi connectivity index (χ1v) is 30.0. The van der Waals surface area contributed by atoms with E-state index in [2.05, 4.69) is 44.7 Å². The van der Waals surface area contributed by atoms with Gasteiger partial charge in [-0.2, -0.15) is 0 Å². The van der Waals surface area contributed by atoms with E-state index in [1.807, 2.05) is 161 Å². The summed E-state index contributed by atoms with van der Waals surface area (Å²) in [6.45, 7) is 10.6. The van der Waals surface area contributed by atoms with Gasteiger partial charge in [-0.25, -0.2) is 9.59 Å². The molecule has 0 spiro atoms. The van der Waals surface area contributed by atoms with Crippen LogP contribution < -0.4 is 10.6 Å². The van der Waals surface area contributed by atoms with E-state index < -0.39 is 0 Å². The Morgan fingerprint density at radius 3 is 1.12 bits per heavy atom. The second-order valence-electron chi connectivity index (χ2n) is 21.7. The van der Waals surface area contributed by atoms with Crippen LogP contribution in [-0.2, 0) is 22.3 Å². The summed E-state index contributed by atoms with van der Waals surface area (Å²) in [5.74, 6) is 0.140. The number of carbonyl (C=O) groups excluding carboxylic acids is 4. The highest BCUT2D eigenvalue weighted by Crippen LogP contribution is 2.34. The fraction of sp³-hybridized carbons (Fsp3) is 0.394. The monoisotopic (exact) mass is 1280 g/mol. The zero-order valence-electron chi connectivity index (χ0n) is 49.0. The molecule has 13 nitrogen and oxygen atoms in total. The van der Waals surface area contributed by atoms with Gasteiger partial charge in [0.1, 0.15) is 0 Å². The molecule has 2 heterocycles. The molecule has 0 saturated carbocycles. The van der Waals surface area contributed by atoms with E-state index in [1.165, 1.54) is 11.1 Å². The molecule has 2 aliphatic rings. The molecular formula is C66H82Cl6N6O7. The maximum atomic E-state index is 13.1. The van der Waals surface area contributed by atoms with Crippen molar-refractivity contribution in [2.75, 3.05) is 79.7 Å². The number of piperidine rings is 2. The van der Waals surface area contributed by atoms with Crippen molar-refractivity contribution in [2.24, 2.45) is 0 Å². The van der Waals surface area contributed by atoms with Crippen LogP contribution in [0.1, 0.15) is 107 Å². The number of ether oxygens (including phenoxy) is 2. The fourth-order valence-electron chi connectivity index (χ4n) is 11.2. The summed E-state index contributed by atoms with van der Waals surface area (Å²) < 4.78 is 10.5.